The number of piperidine rings is 1. The summed E-state index contributed by atoms with van der Waals surface area (Å²) in [5, 5.41) is 19.0. The van der Waals surface area contributed by atoms with E-state index in [2.05, 4.69) is 37.3 Å². The largest absolute Gasteiger partial charge is 0.383 e. The lowest BCUT2D eigenvalue weighted by molar-refractivity contribution is 0.343. The second kappa shape index (κ2) is 7.58. The second-order valence-electron chi connectivity index (χ2n) is 7.59. The first kappa shape index (κ1) is 18.3. The average molecular weight is 395 g/mol. The van der Waals surface area contributed by atoms with Gasteiger partial charge in [-0.05, 0) is 55.6 Å². The van der Waals surface area contributed by atoms with E-state index in [9.17, 15) is 0 Å². The van der Waals surface area contributed by atoms with Crippen molar-refractivity contribution >= 4 is 16.6 Å². The molecule has 0 amide bonds. The lowest BCUT2D eigenvalue weighted by Gasteiger charge is -2.22. The zero-order valence-electron chi connectivity index (χ0n) is 16.4. The van der Waals surface area contributed by atoms with Gasteiger partial charge in [0.2, 0.25) is 0 Å². The average Bonchev–Trinajstić information content (AvgIpc) is 3.30. The first-order valence-corrected chi connectivity index (χ1v) is 10.0. The highest BCUT2D eigenvalue weighted by Crippen LogP contribution is 2.31. The molecule has 5 rings (SSSR count). The number of nitrogens with two attached hydrogens (primary N) is 1. The molecule has 1 aliphatic rings. The number of benzene rings is 1. The minimum atomic E-state index is 0.432. The van der Waals surface area contributed by atoms with Gasteiger partial charge >= 0.3 is 0 Å². The van der Waals surface area contributed by atoms with E-state index in [0.29, 0.717) is 17.4 Å². The fourth-order valence-electron chi connectivity index (χ4n) is 3.95. The molecule has 0 bridgehead atoms. The number of pyridine rings is 2. The molecule has 1 saturated heterocycles. The highest BCUT2D eigenvalue weighted by Gasteiger charge is 2.17. The number of aromatic nitrogens is 4. The van der Waals surface area contributed by atoms with E-state index in [0.717, 1.165) is 59.1 Å². The summed E-state index contributed by atoms with van der Waals surface area (Å²) in [4.78, 5) is 8.98. The molecule has 1 fully saturated rings. The molecule has 4 aromatic rings. The van der Waals surface area contributed by atoms with Gasteiger partial charge in [0, 0.05) is 40.7 Å². The fourth-order valence-corrected chi connectivity index (χ4v) is 3.95. The van der Waals surface area contributed by atoms with Gasteiger partial charge in [-0.25, -0.2) is 4.98 Å². The second-order valence-corrected chi connectivity index (χ2v) is 7.59. The molecule has 0 atom stereocenters. The van der Waals surface area contributed by atoms with E-state index >= 15 is 0 Å². The Morgan fingerprint density at radius 3 is 2.70 bits per heavy atom. The number of fused-ring (bicyclic) bond motifs is 1. The number of hydrogen-bond donors (Lipinski definition) is 2. The van der Waals surface area contributed by atoms with E-state index in [1.54, 1.807) is 18.5 Å². The Morgan fingerprint density at radius 1 is 1.00 bits per heavy atom. The third-order valence-corrected chi connectivity index (χ3v) is 5.66. The van der Waals surface area contributed by atoms with Crippen molar-refractivity contribution in [1.29, 1.82) is 5.26 Å². The molecule has 1 aliphatic heterocycles. The Balaban J connectivity index is 1.50. The van der Waals surface area contributed by atoms with Gasteiger partial charge in [-0.15, -0.1) is 0 Å². The monoisotopic (exact) mass is 395 g/mol. The van der Waals surface area contributed by atoms with Crippen LogP contribution in [0.15, 0.2) is 55.1 Å². The quantitative estimate of drug-likeness (QED) is 0.550. The number of nitrogens with one attached hydrogen (secondary N) is 1. The maximum Gasteiger partial charge on any atom is 0.132 e. The first-order valence-electron chi connectivity index (χ1n) is 10.0. The highest BCUT2D eigenvalue weighted by molar-refractivity contribution is 5.88. The number of anilines is 1. The molecule has 0 aliphatic carbocycles. The molecular weight excluding hydrogens is 374 g/mol. The number of rotatable bonds is 3. The highest BCUT2D eigenvalue weighted by atomic mass is 15.3. The van der Waals surface area contributed by atoms with Crippen LogP contribution in [0.3, 0.4) is 0 Å². The van der Waals surface area contributed by atoms with E-state index in [4.69, 9.17) is 11.0 Å². The minimum Gasteiger partial charge on any atom is -0.383 e. The van der Waals surface area contributed by atoms with E-state index < -0.39 is 0 Å². The smallest absolute Gasteiger partial charge is 0.132 e. The summed E-state index contributed by atoms with van der Waals surface area (Å²) >= 11 is 0. The molecule has 0 radical (unpaired) electrons. The summed E-state index contributed by atoms with van der Waals surface area (Å²) in [6.45, 7) is 2.05. The predicted molar refractivity (Wildman–Crippen MR) is 116 cm³/mol. The number of nitrogens with zero attached hydrogens (tertiary/aromatic N) is 5. The maximum atomic E-state index is 9.08. The van der Waals surface area contributed by atoms with Crippen molar-refractivity contribution in [2.24, 2.45) is 0 Å². The summed E-state index contributed by atoms with van der Waals surface area (Å²) in [6.07, 6.45) is 9.69. The van der Waals surface area contributed by atoms with Crippen LogP contribution in [-0.4, -0.2) is 32.8 Å². The zero-order chi connectivity index (χ0) is 20.5. The number of hydrogen-bond acceptors (Lipinski definition) is 6. The standard InChI is InChI=1S/C23H21N7/c24-10-15-1-2-16-9-22(27-11-17(16)7-15)21-8-18(12-28-23(21)25)19-13-29-30(14-19)20-3-5-26-6-4-20/h1-2,7-9,11-14,20,26H,3-6H2,(H2,25,28). The van der Waals surface area contributed by atoms with Gasteiger partial charge in [-0.2, -0.15) is 10.4 Å². The molecular formula is C23H21N7. The minimum absolute atomic E-state index is 0.432. The Kier molecular flexibility index (Phi) is 4.62. The van der Waals surface area contributed by atoms with Crippen molar-refractivity contribution in [3.63, 3.8) is 0 Å². The van der Waals surface area contributed by atoms with Crippen LogP contribution < -0.4 is 11.1 Å². The van der Waals surface area contributed by atoms with Crippen LogP contribution in [0, 0.1) is 11.3 Å². The van der Waals surface area contributed by atoms with Crippen LogP contribution in [0.4, 0.5) is 5.82 Å². The molecule has 3 aromatic heterocycles. The molecule has 3 N–H and O–H groups in total. The number of nitrogen functional groups attached to an aromatic ring is 1. The Morgan fingerprint density at radius 2 is 1.87 bits per heavy atom. The summed E-state index contributed by atoms with van der Waals surface area (Å²) in [5.41, 5.74) is 10.3. The fraction of sp³-hybridized carbons (Fsp3) is 0.217. The molecule has 4 heterocycles. The van der Waals surface area contributed by atoms with Crippen molar-refractivity contribution in [2.75, 3.05) is 18.8 Å². The maximum absolute atomic E-state index is 9.08. The Bertz CT molecular complexity index is 1260. The van der Waals surface area contributed by atoms with Crippen LogP contribution >= 0.6 is 0 Å². The van der Waals surface area contributed by atoms with Crippen LogP contribution in [0.1, 0.15) is 24.4 Å². The van der Waals surface area contributed by atoms with Gasteiger partial charge in [0.25, 0.3) is 0 Å². The first-order chi connectivity index (χ1) is 14.7. The van der Waals surface area contributed by atoms with Crippen molar-refractivity contribution in [3.8, 4) is 28.5 Å². The lowest BCUT2D eigenvalue weighted by Crippen LogP contribution is -2.29. The summed E-state index contributed by atoms with van der Waals surface area (Å²) in [7, 11) is 0. The Labute approximate surface area is 174 Å². The van der Waals surface area contributed by atoms with Crippen LogP contribution in [0.2, 0.25) is 0 Å². The topological polar surface area (TPSA) is 105 Å². The van der Waals surface area contributed by atoms with Crippen LogP contribution in [0.25, 0.3) is 33.2 Å². The van der Waals surface area contributed by atoms with Gasteiger partial charge < -0.3 is 11.1 Å². The van der Waals surface area contributed by atoms with Crippen LogP contribution in [-0.2, 0) is 0 Å². The zero-order valence-corrected chi connectivity index (χ0v) is 16.4. The van der Waals surface area contributed by atoms with Crippen molar-refractivity contribution < 1.29 is 0 Å². The van der Waals surface area contributed by atoms with E-state index in [-0.39, 0.29) is 0 Å². The van der Waals surface area contributed by atoms with E-state index in [1.165, 1.54) is 0 Å². The summed E-state index contributed by atoms with van der Waals surface area (Å²) < 4.78 is 2.06. The lowest BCUT2D eigenvalue weighted by atomic mass is 10.0. The molecule has 30 heavy (non-hydrogen) atoms. The molecule has 7 nitrogen and oxygen atoms in total. The summed E-state index contributed by atoms with van der Waals surface area (Å²) in [6, 6.07) is 12.1. The SMILES string of the molecule is N#Cc1ccc2cc(-c3cc(-c4cnn(C5CCNCC5)c4)cnc3N)ncc2c1. The Hall–Kier alpha value is -3.76. The van der Waals surface area contributed by atoms with Crippen LogP contribution in [0.5, 0.6) is 0 Å². The molecule has 0 unspecified atom stereocenters. The van der Waals surface area contributed by atoms with Gasteiger partial charge in [-0.1, -0.05) is 6.07 Å². The third kappa shape index (κ3) is 3.38. The molecule has 0 spiro atoms. The van der Waals surface area contributed by atoms with Gasteiger partial charge in [-0.3, -0.25) is 9.67 Å². The van der Waals surface area contributed by atoms with E-state index in [1.807, 2.05) is 30.5 Å². The molecule has 0 saturated carbocycles. The molecule has 1 aromatic carbocycles. The number of nitriles is 1. The van der Waals surface area contributed by atoms with Crippen molar-refractivity contribution in [1.82, 2.24) is 25.1 Å². The molecule has 148 valence electrons. The van der Waals surface area contributed by atoms with Gasteiger partial charge in [0.15, 0.2) is 0 Å². The van der Waals surface area contributed by atoms with Crippen molar-refractivity contribution in [2.45, 2.75) is 18.9 Å². The van der Waals surface area contributed by atoms with Crippen molar-refractivity contribution in [3.05, 3.63) is 60.7 Å². The third-order valence-electron chi connectivity index (χ3n) is 5.66. The van der Waals surface area contributed by atoms with Gasteiger partial charge in [0.1, 0.15) is 5.82 Å². The summed E-state index contributed by atoms with van der Waals surface area (Å²) in [5.74, 6) is 0.435. The normalized spacial score (nSPS) is 14.6. The molecule has 7 heteroatoms. The van der Waals surface area contributed by atoms with Gasteiger partial charge in [0.05, 0.1) is 29.6 Å². The predicted octanol–water partition coefficient (Wildman–Crippen LogP) is 3.54.